The number of hydrogen-bond acceptors (Lipinski definition) is 4. The number of oxazole rings is 1. The number of nitrogens with two attached hydrogens (primary N) is 1. The Morgan fingerprint density at radius 1 is 1.11 bits per heavy atom. The van der Waals surface area contributed by atoms with E-state index in [1.54, 1.807) is 49.4 Å². The van der Waals surface area contributed by atoms with Gasteiger partial charge in [-0.1, -0.05) is 0 Å². The molecule has 1 aromatic heterocycles. The van der Waals surface area contributed by atoms with E-state index >= 15 is 0 Å². The van der Waals surface area contributed by atoms with Crippen molar-refractivity contribution in [2.45, 2.75) is 6.92 Å². The van der Waals surface area contributed by atoms with E-state index in [4.69, 9.17) is 10.2 Å². The van der Waals surface area contributed by atoms with E-state index in [0.29, 0.717) is 33.8 Å². The molecule has 0 saturated heterocycles. The number of carbonyl (C=O) groups is 1. The quantitative estimate of drug-likeness (QED) is 0.562. The summed E-state index contributed by atoms with van der Waals surface area (Å²) in [7, 11) is 0. The minimum atomic E-state index is -0.0532. The first kappa shape index (κ1) is 11.5. The number of fused-ring (bicyclic) bond motifs is 1. The smallest absolute Gasteiger partial charge is 0.193 e. The maximum atomic E-state index is 12.3. The van der Waals surface area contributed by atoms with Crippen LogP contribution in [0.25, 0.3) is 11.1 Å². The Morgan fingerprint density at radius 2 is 1.79 bits per heavy atom. The standard InChI is InChI=1S/C15H12N2O2/c1-9-17-13-8-11(4-7-14(13)19-9)15(18)10-2-5-12(16)6-3-10/h2-8H,16H2,1H3. The number of nitrogens with zero attached hydrogens (tertiary/aromatic N) is 1. The fraction of sp³-hybridized carbons (Fsp3) is 0.0667. The number of hydrogen-bond donors (Lipinski definition) is 1. The van der Waals surface area contributed by atoms with Gasteiger partial charge in [0.05, 0.1) is 0 Å². The lowest BCUT2D eigenvalue weighted by molar-refractivity contribution is 0.103. The van der Waals surface area contributed by atoms with E-state index in [-0.39, 0.29) is 5.78 Å². The third-order valence-electron chi connectivity index (χ3n) is 2.93. The van der Waals surface area contributed by atoms with Crippen LogP contribution in [0, 0.1) is 6.92 Å². The van der Waals surface area contributed by atoms with Gasteiger partial charge >= 0.3 is 0 Å². The van der Waals surface area contributed by atoms with Gasteiger partial charge in [-0.05, 0) is 42.5 Å². The zero-order valence-corrected chi connectivity index (χ0v) is 10.4. The lowest BCUT2D eigenvalue weighted by atomic mass is 10.0. The molecule has 4 nitrogen and oxygen atoms in total. The van der Waals surface area contributed by atoms with E-state index < -0.39 is 0 Å². The Morgan fingerprint density at radius 3 is 2.53 bits per heavy atom. The molecule has 0 bridgehead atoms. The zero-order chi connectivity index (χ0) is 13.4. The molecule has 19 heavy (non-hydrogen) atoms. The molecule has 0 amide bonds. The third-order valence-corrected chi connectivity index (χ3v) is 2.93. The largest absolute Gasteiger partial charge is 0.441 e. The molecule has 94 valence electrons. The number of rotatable bonds is 2. The molecule has 3 rings (SSSR count). The Labute approximate surface area is 109 Å². The Balaban J connectivity index is 2.03. The molecule has 1 heterocycles. The molecule has 3 aromatic rings. The van der Waals surface area contributed by atoms with Crippen molar-refractivity contribution in [1.29, 1.82) is 0 Å². The summed E-state index contributed by atoms with van der Waals surface area (Å²) in [5, 5.41) is 0. The lowest BCUT2D eigenvalue weighted by Crippen LogP contribution is -2.01. The fourth-order valence-corrected chi connectivity index (χ4v) is 1.99. The van der Waals surface area contributed by atoms with E-state index in [9.17, 15) is 4.79 Å². The third kappa shape index (κ3) is 2.08. The molecule has 0 radical (unpaired) electrons. The van der Waals surface area contributed by atoms with Gasteiger partial charge < -0.3 is 10.2 Å². The van der Waals surface area contributed by atoms with Crippen molar-refractivity contribution in [2.75, 3.05) is 5.73 Å². The van der Waals surface area contributed by atoms with Crippen molar-refractivity contribution < 1.29 is 9.21 Å². The minimum absolute atomic E-state index is 0.0532. The first-order chi connectivity index (χ1) is 9.13. The van der Waals surface area contributed by atoms with Gasteiger partial charge in [0.25, 0.3) is 0 Å². The van der Waals surface area contributed by atoms with Crippen molar-refractivity contribution >= 4 is 22.6 Å². The fourth-order valence-electron chi connectivity index (χ4n) is 1.99. The second kappa shape index (κ2) is 4.24. The number of aryl methyl sites for hydroxylation is 1. The van der Waals surface area contributed by atoms with Gasteiger partial charge in [-0.2, -0.15) is 0 Å². The number of aromatic nitrogens is 1. The number of carbonyl (C=O) groups excluding carboxylic acids is 1. The van der Waals surface area contributed by atoms with Crippen LogP contribution < -0.4 is 5.73 Å². The zero-order valence-electron chi connectivity index (χ0n) is 10.4. The molecule has 0 aliphatic heterocycles. The second-order valence-corrected chi connectivity index (χ2v) is 4.37. The van der Waals surface area contributed by atoms with Crippen LogP contribution in [0.3, 0.4) is 0 Å². The molecule has 0 unspecified atom stereocenters. The lowest BCUT2D eigenvalue weighted by Gasteiger charge is -2.01. The molecule has 0 spiro atoms. The monoisotopic (exact) mass is 252 g/mol. The first-order valence-electron chi connectivity index (χ1n) is 5.91. The Hall–Kier alpha value is -2.62. The first-order valence-corrected chi connectivity index (χ1v) is 5.91. The van der Waals surface area contributed by atoms with Crippen LogP contribution in [0.2, 0.25) is 0 Å². The van der Waals surface area contributed by atoms with Crippen molar-refractivity contribution in [3.8, 4) is 0 Å². The van der Waals surface area contributed by atoms with Crippen LogP contribution in [0.4, 0.5) is 5.69 Å². The number of anilines is 1. The van der Waals surface area contributed by atoms with E-state index in [1.165, 1.54) is 0 Å². The average molecular weight is 252 g/mol. The average Bonchev–Trinajstić information content (AvgIpc) is 2.77. The predicted octanol–water partition coefficient (Wildman–Crippen LogP) is 2.95. The van der Waals surface area contributed by atoms with Crippen LogP contribution >= 0.6 is 0 Å². The summed E-state index contributed by atoms with van der Waals surface area (Å²) in [5.74, 6) is 0.537. The highest BCUT2D eigenvalue weighted by atomic mass is 16.3. The van der Waals surface area contributed by atoms with Crippen LogP contribution in [0.1, 0.15) is 21.8 Å². The molecule has 2 N–H and O–H groups in total. The second-order valence-electron chi connectivity index (χ2n) is 4.37. The van der Waals surface area contributed by atoms with Crippen molar-refractivity contribution in [1.82, 2.24) is 4.98 Å². The highest BCUT2D eigenvalue weighted by molar-refractivity contribution is 6.10. The van der Waals surface area contributed by atoms with Gasteiger partial charge in [0.1, 0.15) is 5.52 Å². The summed E-state index contributed by atoms with van der Waals surface area (Å²) in [4.78, 5) is 16.5. The highest BCUT2D eigenvalue weighted by Gasteiger charge is 2.11. The molecule has 0 aliphatic rings. The number of nitrogen functional groups attached to an aromatic ring is 1. The molecule has 2 aromatic carbocycles. The topological polar surface area (TPSA) is 69.1 Å². The number of ketones is 1. The number of benzene rings is 2. The summed E-state index contributed by atoms with van der Waals surface area (Å²) >= 11 is 0. The summed E-state index contributed by atoms with van der Waals surface area (Å²) in [6, 6.07) is 12.1. The van der Waals surface area contributed by atoms with Gasteiger partial charge in [0.15, 0.2) is 17.3 Å². The SMILES string of the molecule is Cc1nc2cc(C(=O)c3ccc(N)cc3)ccc2o1. The van der Waals surface area contributed by atoms with E-state index in [2.05, 4.69) is 4.98 Å². The van der Waals surface area contributed by atoms with Crippen molar-refractivity contribution in [3.05, 3.63) is 59.5 Å². The molecular formula is C15H12N2O2. The molecule has 4 heteroatoms. The van der Waals surface area contributed by atoms with Crippen molar-refractivity contribution in [2.24, 2.45) is 0 Å². The van der Waals surface area contributed by atoms with Gasteiger partial charge in [-0.15, -0.1) is 0 Å². The molecular weight excluding hydrogens is 240 g/mol. The normalized spacial score (nSPS) is 10.8. The summed E-state index contributed by atoms with van der Waals surface area (Å²) in [6.07, 6.45) is 0. The van der Waals surface area contributed by atoms with Crippen molar-refractivity contribution in [3.63, 3.8) is 0 Å². The highest BCUT2D eigenvalue weighted by Crippen LogP contribution is 2.19. The molecule has 0 fully saturated rings. The molecule has 0 saturated carbocycles. The van der Waals surface area contributed by atoms with Crippen LogP contribution in [0.5, 0.6) is 0 Å². The summed E-state index contributed by atoms with van der Waals surface area (Å²) < 4.78 is 5.39. The minimum Gasteiger partial charge on any atom is -0.441 e. The maximum Gasteiger partial charge on any atom is 0.193 e. The molecule has 0 atom stereocenters. The Kier molecular flexibility index (Phi) is 2.56. The van der Waals surface area contributed by atoms with Gasteiger partial charge in [0.2, 0.25) is 0 Å². The van der Waals surface area contributed by atoms with E-state index in [0.717, 1.165) is 0 Å². The summed E-state index contributed by atoms with van der Waals surface area (Å²) in [6.45, 7) is 1.78. The van der Waals surface area contributed by atoms with E-state index in [1.807, 2.05) is 0 Å². The molecule has 0 aliphatic carbocycles. The van der Waals surface area contributed by atoms with Gasteiger partial charge in [-0.3, -0.25) is 4.79 Å². The maximum absolute atomic E-state index is 12.3. The Bertz CT molecular complexity index is 757. The van der Waals surface area contributed by atoms with Crippen LogP contribution in [-0.2, 0) is 0 Å². The summed E-state index contributed by atoms with van der Waals surface area (Å²) in [5.41, 5.74) is 8.82. The predicted molar refractivity (Wildman–Crippen MR) is 73.0 cm³/mol. The van der Waals surface area contributed by atoms with Crippen LogP contribution in [0.15, 0.2) is 46.9 Å². The van der Waals surface area contributed by atoms with Gasteiger partial charge in [-0.25, -0.2) is 4.98 Å². The van der Waals surface area contributed by atoms with Crippen LogP contribution in [-0.4, -0.2) is 10.8 Å². The van der Waals surface area contributed by atoms with Gasteiger partial charge in [0, 0.05) is 23.7 Å².